The summed E-state index contributed by atoms with van der Waals surface area (Å²) in [6.45, 7) is 0. The van der Waals surface area contributed by atoms with E-state index in [4.69, 9.17) is 5.73 Å². The van der Waals surface area contributed by atoms with Gasteiger partial charge >= 0.3 is 0 Å². The van der Waals surface area contributed by atoms with Gasteiger partial charge in [-0.1, -0.05) is 0 Å². The average molecular weight is 231 g/mol. The first kappa shape index (κ1) is 9.28. The molecular formula is C7H11BrN4. The Morgan fingerprint density at radius 2 is 2.25 bits per heavy atom. The number of anilines is 2. The number of nitrogens with one attached hydrogen (secondary N) is 1. The zero-order valence-electron chi connectivity index (χ0n) is 7.00. The molecule has 0 aromatic carbocycles. The van der Waals surface area contributed by atoms with Crippen LogP contribution in [0.2, 0.25) is 0 Å². The molecule has 0 spiro atoms. The summed E-state index contributed by atoms with van der Waals surface area (Å²) in [5.74, 6) is 0.759. The minimum atomic E-state index is 0.645. The van der Waals surface area contributed by atoms with E-state index in [-0.39, 0.29) is 0 Å². The van der Waals surface area contributed by atoms with E-state index in [9.17, 15) is 0 Å². The molecular weight excluding hydrogens is 220 g/mol. The molecule has 0 aliphatic heterocycles. The quantitative estimate of drug-likeness (QED) is 0.753. The van der Waals surface area contributed by atoms with Crippen LogP contribution in [0.15, 0.2) is 16.7 Å². The van der Waals surface area contributed by atoms with Crippen molar-refractivity contribution in [2.24, 2.45) is 0 Å². The van der Waals surface area contributed by atoms with Crippen LogP contribution in [-0.2, 0) is 0 Å². The van der Waals surface area contributed by atoms with Crippen LogP contribution in [0.25, 0.3) is 0 Å². The number of nitrogen functional groups attached to an aromatic ring is 1. The molecule has 0 amide bonds. The molecule has 0 unspecified atom stereocenters. The lowest BCUT2D eigenvalue weighted by Crippen LogP contribution is -2.20. The lowest BCUT2D eigenvalue weighted by molar-refractivity contribution is 0.492. The van der Waals surface area contributed by atoms with Gasteiger partial charge in [-0.15, -0.1) is 0 Å². The molecule has 66 valence electrons. The molecule has 1 aromatic heterocycles. The van der Waals surface area contributed by atoms with Gasteiger partial charge in [-0.05, 0) is 22.0 Å². The third-order valence-electron chi connectivity index (χ3n) is 1.19. The molecule has 5 heteroatoms. The molecule has 1 aromatic rings. The Balaban J connectivity index is 2.86. The van der Waals surface area contributed by atoms with Crippen molar-refractivity contribution in [3.05, 3.63) is 16.7 Å². The van der Waals surface area contributed by atoms with Crippen molar-refractivity contribution in [2.75, 3.05) is 25.3 Å². The Labute approximate surface area is 79.9 Å². The second-order valence-electron chi connectivity index (χ2n) is 2.61. The maximum Gasteiger partial charge on any atom is 0.154 e. The number of hydrazine groups is 1. The minimum absolute atomic E-state index is 0.645. The summed E-state index contributed by atoms with van der Waals surface area (Å²) >= 11 is 3.34. The highest BCUT2D eigenvalue weighted by molar-refractivity contribution is 9.10. The van der Waals surface area contributed by atoms with Crippen molar-refractivity contribution in [1.29, 1.82) is 0 Å². The van der Waals surface area contributed by atoms with Crippen LogP contribution in [0.1, 0.15) is 0 Å². The van der Waals surface area contributed by atoms with Gasteiger partial charge in [0.05, 0.1) is 16.4 Å². The number of hydrogen-bond acceptors (Lipinski definition) is 4. The fourth-order valence-electron chi connectivity index (χ4n) is 0.747. The lowest BCUT2D eigenvalue weighted by atomic mass is 10.4. The smallest absolute Gasteiger partial charge is 0.154 e. The van der Waals surface area contributed by atoms with Crippen LogP contribution in [-0.4, -0.2) is 24.1 Å². The number of hydrogen-bond donors (Lipinski definition) is 2. The Morgan fingerprint density at radius 3 is 2.75 bits per heavy atom. The predicted molar refractivity (Wildman–Crippen MR) is 53.7 cm³/mol. The van der Waals surface area contributed by atoms with Gasteiger partial charge in [-0.2, -0.15) is 0 Å². The summed E-state index contributed by atoms with van der Waals surface area (Å²) in [6.07, 6.45) is 1.61. The third-order valence-corrected chi connectivity index (χ3v) is 1.80. The van der Waals surface area contributed by atoms with Crippen LogP contribution in [0.3, 0.4) is 0 Å². The third kappa shape index (κ3) is 2.35. The van der Waals surface area contributed by atoms with Gasteiger partial charge < -0.3 is 11.2 Å². The Morgan fingerprint density at radius 1 is 1.58 bits per heavy atom. The van der Waals surface area contributed by atoms with Gasteiger partial charge in [-0.3, -0.25) is 0 Å². The van der Waals surface area contributed by atoms with E-state index in [2.05, 4.69) is 26.3 Å². The number of nitrogens with two attached hydrogens (primary N) is 1. The number of nitrogens with zero attached hydrogens (tertiary/aromatic N) is 2. The molecule has 1 heterocycles. The molecule has 0 aliphatic rings. The van der Waals surface area contributed by atoms with Gasteiger partial charge in [0.15, 0.2) is 5.82 Å². The Kier molecular flexibility index (Phi) is 2.88. The van der Waals surface area contributed by atoms with Crippen molar-refractivity contribution in [3.8, 4) is 0 Å². The van der Waals surface area contributed by atoms with Gasteiger partial charge in [0.2, 0.25) is 0 Å². The van der Waals surface area contributed by atoms with Crippen molar-refractivity contribution in [1.82, 2.24) is 9.99 Å². The molecule has 4 nitrogen and oxygen atoms in total. The maximum absolute atomic E-state index is 5.52. The second-order valence-corrected chi connectivity index (χ2v) is 3.46. The molecule has 0 saturated carbocycles. The van der Waals surface area contributed by atoms with Crippen LogP contribution in [0.4, 0.5) is 11.5 Å². The van der Waals surface area contributed by atoms with Crippen LogP contribution in [0, 0.1) is 0 Å². The fraction of sp³-hybridized carbons (Fsp3) is 0.286. The molecule has 12 heavy (non-hydrogen) atoms. The summed E-state index contributed by atoms with van der Waals surface area (Å²) in [6, 6.07) is 1.80. The molecule has 0 saturated heterocycles. The largest absolute Gasteiger partial charge is 0.397 e. The number of rotatable bonds is 2. The van der Waals surface area contributed by atoms with Crippen molar-refractivity contribution in [2.45, 2.75) is 0 Å². The standard InChI is InChI=1S/C7H11BrN4/c1-12(2)11-7-6(8)3-5(9)4-10-7/h3-4H,9H2,1-2H3,(H,10,11). The summed E-state index contributed by atoms with van der Waals surface area (Å²) in [5, 5.41) is 1.81. The number of pyridine rings is 1. The fourth-order valence-corrected chi connectivity index (χ4v) is 1.20. The highest BCUT2D eigenvalue weighted by Crippen LogP contribution is 2.21. The van der Waals surface area contributed by atoms with Crippen LogP contribution >= 0.6 is 15.9 Å². The molecule has 0 fully saturated rings. The van der Waals surface area contributed by atoms with Gasteiger partial charge in [0, 0.05) is 14.1 Å². The molecule has 0 radical (unpaired) electrons. The highest BCUT2D eigenvalue weighted by Gasteiger charge is 2.00. The second kappa shape index (κ2) is 3.73. The van der Waals surface area contributed by atoms with Crippen molar-refractivity contribution >= 4 is 27.4 Å². The first-order chi connectivity index (χ1) is 5.59. The normalized spacial score (nSPS) is 10.3. The summed E-state index contributed by atoms with van der Waals surface area (Å²) < 4.78 is 0.858. The molecule has 0 aliphatic carbocycles. The lowest BCUT2D eigenvalue weighted by Gasteiger charge is -2.13. The van der Waals surface area contributed by atoms with E-state index < -0.39 is 0 Å². The van der Waals surface area contributed by atoms with E-state index in [1.807, 2.05) is 19.1 Å². The van der Waals surface area contributed by atoms with Crippen molar-refractivity contribution < 1.29 is 0 Å². The van der Waals surface area contributed by atoms with E-state index in [0.29, 0.717) is 5.69 Å². The van der Waals surface area contributed by atoms with Crippen LogP contribution in [0.5, 0.6) is 0 Å². The number of aromatic nitrogens is 1. The SMILES string of the molecule is CN(C)Nc1ncc(N)cc1Br. The first-order valence-corrected chi connectivity index (χ1v) is 4.24. The maximum atomic E-state index is 5.52. The van der Waals surface area contributed by atoms with Gasteiger partial charge in [0.25, 0.3) is 0 Å². The van der Waals surface area contributed by atoms with E-state index in [1.54, 1.807) is 12.3 Å². The monoisotopic (exact) mass is 230 g/mol. The topological polar surface area (TPSA) is 54.2 Å². The minimum Gasteiger partial charge on any atom is -0.397 e. The Bertz CT molecular complexity index is 274. The summed E-state index contributed by atoms with van der Waals surface area (Å²) in [7, 11) is 3.79. The Hall–Kier alpha value is -0.810. The zero-order valence-corrected chi connectivity index (χ0v) is 8.59. The summed E-state index contributed by atoms with van der Waals surface area (Å²) in [4.78, 5) is 4.09. The molecule has 0 atom stereocenters. The highest BCUT2D eigenvalue weighted by atomic mass is 79.9. The first-order valence-electron chi connectivity index (χ1n) is 3.44. The van der Waals surface area contributed by atoms with E-state index in [0.717, 1.165) is 10.3 Å². The molecule has 3 N–H and O–H groups in total. The summed E-state index contributed by atoms with van der Waals surface area (Å²) in [5.41, 5.74) is 9.19. The average Bonchev–Trinajstić information content (AvgIpc) is 1.94. The van der Waals surface area contributed by atoms with Gasteiger partial charge in [-0.25, -0.2) is 9.99 Å². The molecule has 1 rings (SSSR count). The van der Waals surface area contributed by atoms with Crippen LogP contribution < -0.4 is 11.2 Å². The van der Waals surface area contributed by atoms with E-state index in [1.165, 1.54) is 0 Å². The zero-order chi connectivity index (χ0) is 9.14. The predicted octanol–water partition coefficient (Wildman–Crippen LogP) is 1.31. The van der Waals surface area contributed by atoms with Gasteiger partial charge in [0.1, 0.15) is 0 Å². The molecule has 0 bridgehead atoms. The number of halogens is 1. The van der Waals surface area contributed by atoms with E-state index >= 15 is 0 Å². The van der Waals surface area contributed by atoms with Crippen molar-refractivity contribution in [3.63, 3.8) is 0 Å².